The van der Waals surface area contributed by atoms with Gasteiger partial charge in [-0.15, -0.1) is 0 Å². The molecule has 4 rings (SSSR count). The molecule has 0 spiro atoms. The number of carbonyl (C=O) groups excluding carboxylic acids is 3. The van der Waals surface area contributed by atoms with Gasteiger partial charge in [0.15, 0.2) is 0 Å². The number of rotatable bonds is 11. The molecule has 204 valence electrons. The lowest BCUT2D eigenvalue weighted by Gasteiger charge is -2.36. The molecule has 3 amide bonds. The van der Waals surface area contributed by atoms with Crippen LogP contribution in [-0.4, -0.2) is 48.9 Å². The lowest BCUT2D eigenvalue weighted by molar-refractivity contribution is -0.122. The third kappa shape index (κ3) is 7.74. The summed E-state index contributed by atoms with van der Waals surface area (Å²) in [6.07, 6.45) is 3.53. The van der Waals surface area contributed by atoms with E-state index in [0.29, 0.717) is 43.0 Å². The van der Waals surface area contributed by atoms with Gasteiger partial charge in [0.2, 0.25) is 17.7 Å². The molecule has 0 saturated carbocycles. The Balaban J connectivity index is 1.49. The molecule has 0 unspecified atom stereocenters. The number of nitrogens with one attached hydrogen (secondary N) is 2. The number of nitrogens with zero attached hydrogens (tertiary/aromatic N) is 3. The van der Waals surface area contributed by atoms with Crippen molar-refractivity contribution in [3.63, 3.8) is 0 Å². The highest BCUT2D eigenvalue weighted by molar-refractivity contribution is 6.12. The number of fused-ring (bicyclic) bond motifs is 1. The van der Waals surface area contributed by atoms with Crippen LogP contribution in [0.2, 0.25) is 0 Å². The Labute approximate surface area is 230 Å². The predicted octanol–water partition coefficient (Wildman–Crippen LogP) is 4.13. The zero-order valence-corrected chi connectivity index (χ0v) is 22.9. The highest BCUT2D eigenvalue weighted by Crippen LogP contribution is 2.36. The molecule has 0 saturated heterocycles. The van der Waals surface area contributed by atoms with Gasteiger partial charge in [0, 0.05) is 37.0 Å². The van der Waals surface area contributed by atoms with Gasteiger partial charge in [0.25, 0.3) is 0 Å². The zero-order valence-electron chi connectivity index (χ0n) is 22.9. The summed E-state index contributed by atoms with van der Waals surface area (Å²) in [5.41, 5.74) is 5.16. The molecule has 2 aromatic carbocycles. The van der Waals surface area contributed by atoms with E-state index in [-0.39, 0.29) is 36.7 Å². The van der Waals surface area contributed by atoms with Crippen LogP contribution in [0.3, 0.4) is 0 Å². The van der Waals surface area contributed by atoms with Crippen molar-refractivity contribution in [3.8, 4) is 0 Å². The van der Waals surface area contributed by atoms with Crippen LogP contribution < -0.4 is 20.4 Å². The molecule has 3 aromatic rings. The van der Waals surface area contributed by atoms with Gasteiger partial charge in [-0.1, -0.05) is 49.7 Å². The molecule has 8 heteroatoms. The third-order valence-corrected chi connectivity index (χ3v) is 6.63. The average Bonchev–Trinajstić information content (AvgIpc) is 2.91. The van der Waals surface area contributed by atoms with Crippen LogP contribution in [0.15, 0.2) is 66.9 Å². The van der Waals surface area contributed by atoms with Crippen molar-refractivity contribution in [2.24, 2.45) is 5.92 Å². The molecule has 1 aliphatic rings. The first-order chi connectivity index (χ1) is 18.8. The molecular formula is C31H37N5O3. The van der Waals surface area contributed by atoms with Crippen molar-refractivity contribution < 1.29 is 14.4 Å². The fourth-order valence-electron chi connectivity index (χ4n) is 4.59. The third-order valence-electron chi connectivity index (χ3n) is 6.63. The standard InChI is InChI=1S/C31H37N5O3/c1-22(2)18-29(37)34-26-11-12-27-28(19-26)36(21-31(39)35(27)17-14-25-6-4-5-15-33-25)30(38)20-32-16-13-24-9-7-23(3)8-10-24/h4-12,15,19,22,32H,13-14,16-18,20-21H2,1-3H3,(H,34,37). The normalized spacial score (nSPS) is 13.0. The Bertz CT molecular complexity index is 1290. The predicted molar refractivity (Wildman–Crippen MR) is 155 cm³/mol. The first kappa shape index (κ1) is 28.0. The van der Waals surface area contributed by atoms with Gasteiger partial charge in [0.05, 0.1) is 17.9 Å². The second-order valence-electron chi connectivity index (χ2n) is 10.4. The molecule has 0 fully saturated rings. The lowest BCUT2D eigenvalue weighted by atomic mass is 10.1. The Hall–Kier alpha value is -4.04. The molecule has 0 aliphatic carbocycles. The summed E-state index contributed by atoms with van der Waals surface area (Å²) in [6, 6.07) is 19.4. The molecule has 1 aliphatic heterocycles. The van der Waals surface area contributed by atoms with Crippen LogP contribution in [0.4, 0.5) is 17.1 Å². The van der Waals surface area contributed by atoms with Crippen molar-refractivity contribution in [2.75, 3.05) is 41.3 Å². The van der Waals surface area contributed by atoms with E-state index in [4.69, 9.17) is 0 Å². The number of hydrogen-bond acceptors (Lipinski definition) is 5. The fraction of sp³-hybridized carbons (Fsp3) is 0.355. The van der Waals surface area contributed by atoms with E-state index in [1.54, 1.807) is 29.3 Å². The monoisotopic (exact) mass is 527 g/mol. The van der Waals surface area contributed by atoms with Crippen LogP contribution in [0.25, 0.3) is 0 Å². The maximum absolute atomic E-state index is 13.3. The molecule has 0 atom stereocenters. The molecule has 8 nitrogen and oxygen atoms in total. The molecular weight excluding hydrogens is 490 g/mol. The summed E-state index contributed by atoms with van der Waals surface area (Å²) in [7, 11) is 0. The van der Waals surface area contributed by atoms with Gasteiger partial charge in [-0.2, -0.15) is 0 Å². The number of aryl methyl sites for hydroxylation is 1. The maximum atomic E-state index is 13.3. The maximum Gasteiger partial charge on any atom is 0.247 e. The Morgan fingerprint density at radius 1 is 1.00 bits per heavy atom. The van der Waals surface area contributed by atoms with Gasteiger partial charge >= 0.3 is 0 Å². The second-order valence-corrected chi connectivity index (χ2v) is 10.4. The van der Waals surface area contributed by atoms with Crippen molar-refractivity contribution in [1.29, 1.82) is 0 Å². The molecule has 1 aromatic heterocycles. The summed E-state index contributed by atoms with van der Waals surface area (Å²) in [5, 5.41) is 6.16. The highest BCUT2D eigenvalue weighted by Gasteiger charge is 2.32. The first-order valence-corrected chi connectivity index (χ1v) is 13.5. The number of benzene rings is 2. The molecule has 0 bridgehead atoms. The van der Waals surface area contributed by atoms with Crippen molar-refractivity contribution in [2.45, 2.75) is 40.0 Å². The Morgan fingerprint density at radius 2 is 1.79 bits per heavy atom. The summed E-state index contributed by atoms with van der Waals surface area (Å²) >= 11 is 0. The fourth-order valence-corrected chi connectivity index (χ4v) is 4.59. The van der Waals surface area contributed by atoms with Crippen LogP contribution in [-0.2, 0) is 27.2 Å². The van der Waals surface area contributed by atoms with E-state index in [1.165, 1.54) is 16.0 Å². The summed E-state index contributed by atoms with van der Waals surface area (Å²) in [6.45, 7) is 7.17. The smallest absolute Gasteiger partial charge is 0.247 e. The first-order valence-electron chi connectivity index (χ1n) is 13.5. The largest absolute Gasteiger partial charge is 0.326 e. The van der Waals surface area contributed by atoms with Crippen LogP contribution >= 0.6 is 0 Å². The summed E-state index contributed by atoms with van der Waals surface area (Å²) < 4.78 is 0. The minimum absolute atomic E-state index is 0.0584. The van der Waals surface area contributed by atoms with Crippen molar-refractivity contribution in [1.82, 2.24) is 10.3 Å². The number of amides is 3. The number of aromatic nitrogens is 1. The number of hydrogen-bond donors (Lipinski definition) is 2. The topological polar surface area (TPSA) is 94.6 Å². The Morgan fingerprint density at radius 3 is 2.51 bits per heavy atom. The van der Waals surface area contributed by atoms with E-state index in [9.17, 15) is 14.4 Å². The van der Waals surface area contributed by atoms with E-state index in [1.807, 2.05) is 32.0 Å². The van der Waals surface area contributed by atoms with Crippen LogP contribution in [0.1, 0.15) is 37.1 Å². The minimum atomic E-state index is -0.191. The lowest BCUT2D eigenvalue weighted by Crippen LogP contribution is -2.50. The molecule has 39 heavy (non-hydrogen) atoms. The quantitative estimate of drug-likeness (QED) is 0.366. The van der Waals surface area contributed by atoms with E-state index in [2.05, 4.69) is 46.8 Å². The number of carbonyl (C=O) groups is 3. The molecule has 0 radical (unpaired) electrons. The van der Waals surface area contributed by atoms with Crippen molar-refractivity contribution in [3.05, 3.63) is 83.7 Å². The zero-order chi connectivity index (χ0) is 27.8. The van der Waals surface area contributed by atoms with Crippen LogP contribution in [0.5, 0.6) is 0 Å². The minimum Gasteiger partial charge on any atom is -0.326 e. The van der Waals surface area contributed by atoms with E-state index >= 15 is 0 Å². The number of pyridine rings is 1. The van der Waals surface area contributed by atoms with Crippen LogP contribution in [0, 0.1) is 12.8 Å². The van der Waals surface area contributed by atoms with Gasteiger partial charge in [-0.3, -0.25) is 24.3 Å². The van der Waals surface area contributed by atoms with Crippen molar-refractivity contribution >= 4 is 34.8 Å². The van der Waals surface area contributed by atoms with E-state index in [0.717, 1.165) is 12.1 Å². The Kier molecular flexibility index (Phi) is 9.44. The van der Waals surface area contributed by atoms with Gasteiger partial charge < -0.3 is 15.5 Å². The molecule has 2 N–H and O–H groups in total. The molecule has 2 heterocycles. The van der Waals surface area contributed by atoms with E-state index < -0.39 is 0 Å². The summed E-state index contributed by atoms with van der Waals surface area (Å²) in [5.74, 6) is -0.197. The average molecular weight is 528 g/mol. The van der Waals surface area contributed by atoms with Gasteiger partial charge in [0.1, 0.15) is 6.54 Å². The SMILES string of the molecule is Cc1ccc(CCNCC(=O)N2CC(=O)N(CCc3ccccn3)c3ccc(NC(=O)CC(C)C)cc32)cc1. The second kappa shape index (κ2) is 13.2. The summed E-state index contributed by atoms with van der Waals surface area (Å²) in [4.78, 5) is 46.6. The van der Waals surface area contributed by atoms with Gasteiger partial charge in [-0.05, 0) is 61.7 Å². The highest BCUT2D eigenvalue weighted by atomic mass is 16.2. The number of anilines is 3. The van der Waals surface area contributed by atoms with Gasteiger partial charge in [-0.25, -0.2) is 0 Å².